The summed E-state index contributed by atoms with van der Waals surface area (Å²) < 4.78 is 0. The molecule has 1 aromatic heterocycles. The topological polar surface area (TPSA) is 75.1 Å². The van der Waals surface area contributed by atoms with E-state index in [1.54, 1.807) is 0 Å². The van der Waals surface area contributed by atoms with Gasteiger partial charge in [0, 0.05) is 12.6 Å². The van der Waals surface area contributed by atoms with Gasteiger partial charge < -0.3 is 10.4 Å². The van der Waals surface area contributed by atoms with Crippen LogP contribution in [0.2, 0.25) is 5.15 Å². The Kier molecular flexibility index (Phi) is 4.45. The van der Waals surface area contributed by atoms with Gasteiger partial charge in [-0.15, -0.1) is 0 Å². The van der Waals surface area contributed by atoms with Crippen molar-refractivity contribution in [2.24, 2.45) is 0 Å². The molecule has 15 heavy (non-hydrogen) atoms. The summed E-state index contributed by atoms with van der Waals surface area (Å²) in [6.07, 6.45) is 2.46. The van der Waals surface area contributed by atoms with Crippen LogP contribution in [-0.2, 0) is 0 Å². The normalized spacial score (nSPS) is 12.2. The molecular weight excluding hydrogens is 218 g/mol. The minimum atomic E-state index is 0.0136. The molecule has 0 aliphatic rings. The molecule has 82 valence electrons. The monoisotopic (exact) mass is 229 g/mol. The lowest BCUT2D eigenvalue weighted by Crippen LogP contribution is -2.18. The van der Waals surface area contributed by atoms with E-state index in [4.69, 9.17) is 16.7 Å². The highest BCUT2D eigenvalue weighted by Crippen LogP contribution is 2.18. The van der Waals surface area contributed by atoms with Crippen LogP contribution in [0, 0.1) is 0 Å². The summed E-state index contributed by atoms with van der Waals surface area (Å²) in [5, 5.41) is 11.8. The maximum atomic E-state index is 10.7. The molecule has 6 heteroatoms. The Labute approximate surface area is 92.5 Å². The third-order valence-electron chi connectivity index (χ3n) is 1.90. The summed E-state index contributed by atoms with van der Waals surface area (Å²) in [5.74, 6) is 0.394. The molecule has 0 aliphatic heterocycles. The molecule has 0 radical (unpaired) electrons. The minimum Gasteiger partial charge on any atom is -0.396 e. The Bertz CT molecular complexity index is 346. The Morgan fingerprint density at radius 3 is 3.00 bits per heavy atom. The molecule has 5 nitrogen and oxygen atoms in total. The molecule has 1 heterocycles. The molecule has 1 rings (SSSR count). The number of rotatable bonds is 5. The quantitative estimate of drug-likeness (QED) is 0.585. The molecule has 0 saturated carbocycles. The van der Waals surface area contributed by atoms with Crippen LogP contribution in [0.25, 0.3) is 0 Å². The molecule has 1 unspecified atom stereocenters. The van der Waals surface area contributed by atoms with Crippen molar-refractivity contribution in [1.82, 2.24) is 9.97 Å². The van der Waals surface area contributed by atoms with Crippen LogP contribution in [0.15, 0.2) is 6.33 Å². The standard InChI is InChI=1S/C9H12ClN3O2/c1-6(2-3-14)13-9-7(4-15)8(10)11-5-12-9/h4-6,14H,2-3H2,1H3,(H,11,12,13). The average Bonchev–Trinajstić information content (AvgIpc) is 2.18. The first-order valence-electron chi connectivity index (χ1n) is 4.52. The van der Waals surface area contributed by atoms with Crippen molar-refractivity contribution in [2.75, 3.05) is 11.9 Å². The first-order valence-corrected chi connectivity index (χ1v) is 4.90. The van der Waals surface area contributed by atoms with E-state index in [1.165, 1.54) is 6.33 Å². The number of anilines is 1. The fourth-order valence-corrected chi connectivity index (χ4v) is 1.27. The van der Waals surface area contributed by atoms with Crippen LogP contribution in [0.5, 0.6) is 0 Å². The molecule has 1 atom stereocenters. The molecule has 0 aromatic carbocycles. The van der Waals surface area contributed by atoms with Gasteiger partial charge in [-0.1, -0.05) is 11.6 Å². The number of carbonyl (C=O) groups is 1. The van der Waals surface area contributed by atoms with Gasteiger partial charge in [0.15, 0.2) is 6.29 Å². The predicted octanol–water partition coefficient (Wildman–Crippen LogP) is 1.13. The van der Waals surface area contributed by atoms with E-state index in [2.05, 4.69) is 15.3 Å². The lowest BCUT2D eigenvalue weighted by molar-refractivity contribution is 0.112. The Morgan fingerprint density at radius 2 is 2.40 bits per heavy atom. The zero-order valence-electron chi connectivity index (χ0n) is 8.27. The number of aldehydes is 1. The number of hydrogen-bond acceptors (Lipinski definition) is 5. The van der Waals surface area contributed by atoms with E-state index in [1.807, 2.05) is 6.92 Å². The summed E-state index contributed by atoms with van der Waals surface area (Å²) >= 11 is 5.72. The molecule has 0 amide bonds. The summed E-state index contributed by atoms with van der Waals surface area (Å²) in [6.45, 7) is 1.95. The van der Waals surface area contributed by atoms with Crippen molar-refractivity contribution in [3.05, 3.63) is 17.0 Å². The SMILES string of the molecule is CC(CCO)Nc1ncnc(Cl)c1C=O. The summed E-state index contributed by atoms with van der Waals surface area (Å²) in [4.78, 5) is 18.3. The zero-order valence-corrected chi connectivity index (χ0v) is 9.03. The number of aliphatic hydroxyl groups excluding tert-OH is 1. The third-order valence-corrected chi connectivity index (χ3v) is 2.20. The van der Waals surface area contributed by atoms with E-state index in [0.29, 0.717) is 18.5 Å². The van der Waals surface area contributed by atoms with Gasteiger partial charge in [-0.25, -0.2) is 9.97 Å². The van der Waals surface area contributed by atoms with Gasteiger partial charge in [0.05, 0.1) is 5.56 Å². The number of nitrogens with one attached hydrogen (secondary N) is 1. The second kappa shape index (κ2) is 5.63. The lowest BCUT2D eigenvalue weighted by atomic mass is 10.2. The first kappa shape index (κ1) is 11.9. The Hall–Kier alpha value is -1.20. The maximum absolute atomic E-state index is 10.7. The van der Waals surface area contributed by atoms with Gasteiger partial charge in [-0.05, 0) is 13.3 Å². The van der Waals surface area contributed by atoms with Gasteiger partial charge in [-0.3, -0.25) is 4.79 Å². The number of halogens is 1. The Morgan fingerprint density at radius 1 is 1.67 bits per heavy atom. The highest BCUT2D eigenvalue weighted by molar-refractivity contribution is 6.32. The van der Waals surface area contributed by atoms with E-state index in [0.717, 1.165) is 0 Å². The van der Waals surface area contributed by atoms with Crippen LogP contribution in [0.3, 0.4) is 0 Å². The van der Waals surface area contributed by atoms with Crippen molar-refractivity contribution < 1.29 is 9.90 Å². The third kappa shape index (κ3) is 3.14. The van der Waals surface area contributed by atoms with E-state index in [9.17, 15) is 4.79 Å². The highest BCUT2D eigenvalue weighted by atomic mass is 35.5. The molecule has 0 saturated heterocycles. The van der Waals surface area contributed by atoms with Gasteiger partial charge >= 0.3 is 0 Å². The van der Waals surface area contributed by atoms with E-state index in [-0.39, 0.29) is 23.4 Å². The first-order chi connectivity index (χ1) is 7.19. The molecule has 0 aliphatic carbocycles. The van der Waals surface area contributed by atoms with Crippen LogP contribution in [-0.4, -0.2) is 34.0 Å². The van der Waals surface area contributed by atoms with Crippen molar-refractivity contribution in [3.8, 4) is 0 Å². The summed E-state index contributed by atoms with van der Waals surface area (Å²) in [5.41, 5.74) is 0.240. The van der Waals surface area contributed by atoms with Gasteiger partial charge in [0.25, 0.3) is 0 Å². The van der Waals surface area contributed by atoms with Crippen molar-refractivity contribution >= 4 is 23.7 Å². The van der Waals surface area contributed by atoms with Crippen molar-refractivity contribution in [1.29, 1.82) is 0 Å². The highest BCUT2D eigenvalue weighted by Gasteiger charge is 2.10. The lowest BCUT2D eigenvalue weighted by Gasteiger charge is -2.14. The van der Waals surface area contributed by atoms with Gasteiger partial charge in [0.1, 0.15) is 17.3 Å². The smallest absolute Gasteiger partial charge is 0.156 e. The fraction of sp³-hybridized carbons (Fsp3) is 0.444. The number of carbonyl (C=O) groups excluding carboxylic acids is 1. The predicted molar refractivity (Wildman–Crippen MR) is 57.2 cm³/mol. The van der Waals surface area contributed by atoms with Crippen LogP contribution in [0.1, 0.15) is 23.7 Å². The second-order valence-electron chi connectivity index (χ2n) is 3.10. The Balaban J connectivity index is 2.84. The number of aliphatic hydroxyl groups is 1. The number of hydrogen-bond donors (Lipinski definition) is 2. The van der Waals surface area contributed by atoms with Crippen molar-refractivity contribution in [2.45, 2.75) is 19.4 Å². The molecule has 0 fully saturated rings. The van der Waals surface area contributed by atoms with Crippen LogP contribution in [0.4, 0.5) is 5.82 Å². The van der Waals surface area contributed by atoms with Crippen LogP contribution >= 0.6 is 11.6 Å². The largest absolute Gasteiger partial charge is 0.396 e. The van der Waals surface area contributed by atoms with Gasteiger partial charge in [-0.2, -0.15) is 0 Å². The summed E-state index contributed by atoms with van der Waals surface area (Å²) in [6, 6.07) is 0.0136. The van der Waals surface area contributed by atoms with E-state index < -0.39 is 0 Å². The van der Waals surface area contributed by atoms with Crippen molar-refractivity contribution in [3.63, 3.8) is 0 Å². The number of aromatic nitrogens is 2. The average molecular weight is 230 g/mol. The molecule has 0 bridgehead atoms. The fourth-order valence-electron chi connectivity index (χ4n) is 1.09. The molecule has 1 aromatic rings. The summed E-state index contributed by atoms with van der Waals surface area (Å²) in [7, 11) is 0. The maximum Gasteiger partial charge on any atom is 0.156 e. The molecule has 0 spiro atoms. The van der Waals surface area contributed by atoms with Gasteiger partial charge in [0.2, 0.25) is 0 Å². The van der Waals surface area contributed by atoms with Crippen LogP contribution < -0.4 is 5.32 Å². The minimum absolute atomic E-state index is 0.0136. The van der Waals surface area contributed by atoms with E-state index >= 15 is 0 Å². The molecular formula is C9H12ClN3O2. The zero-order chi connectivity index (χ0) is 11.3. The second-order valence-corrected chi connectivity index (χ2v) is 3.46. The number of nitrogens with zero attached hydrogens (tertiary/aromatic N) is 2. The molecule has 2 N–H and O–H groups in total.